The van der Waals surface area contributed by atoms with Gasteiger partial charge in [-0.1, -0.05) is 13.3 Å². The van der Waals surface area contributed by atoms with Gasteiger partial charge in [0.1, 0.15) is 0 Å². The lowest BCUT2D eigenvalue weighted by Gasteiger charge is -2.19. The lowest BCUT2D eigenvalue weighted by Crippen LogP contribution is -2.17. The molecule has 4 nitrogen and oxygen atoms in total. The van der Waals surface area contributed by atoms with E-state index in [4.69, 9.17) is 15.6 Å². The standard InChI is InChI=1S/C16H27FN2O2/c1-4-5-12(6-7-20)10-19-15-9-16(21-11(2)3)13(17)8-14(15)18/h8-9,11-12,19-20H,4-7,10,18H2,1-3H3. The number of anilines is 2. The molecular formula is C16H27FN2O2. The van der Waals surface area contributed by atoms with Crippen molar-refractivity contribution in [2.45, 2.75) is 46.1 Å². The van der Waals surface area contributed by atoms with Crippen molar-refractivity contribution in [3.63, 3.8) is 0 Å². The Bertz CT molecular complexity index is 433. The number of hydrogen-bond acceptors (Lipinski definition) is 4. The van der Waals surface area contributed by atoms with E-state index in [-0.39, 0.29) is 18.5 Å². The summed E-state index contributed by atoms with van der Waals surface area (Å²) in [5.74, 6) is 0.127. The molecule has 1 aromatic carbocycles. The molecule has 1 aromatic rings. The zero-order valence-electron chi connectivity index (χ0n) is 13.2. The Morgan fingerprint density at radius 2 is 2.05 bits per heavy atom. The molecule has 1 rings (SSSR count). The van der Waals surface area contributed by atoms with Gasteiger partial charge in [0.2, 0.25) is 0 Å². The molecule has 1 unspecified atom stereocenters. The SMILES string of the molecule is CCCC(CCO)CNc1cc(OC(C)C)c(F)cc1N. The van der Waals surface area contributed by atoms with Gasteiger partial charge < -0.3 is 20.9 Å². The van der Waals surface area contributed by atoms with Gasteiger partial charge in [-0.25, -0.2) is 4.39 Å². The van der Waals surface area contributed by atoms with Crippen LogP contribution in [0.25, 0.3) is 0 Å². The summed E-state index contributed by atoms with van der Waals surface area (Å²) in [5, 5.41) is 12.3. The van der Waals surface area contributed by atoms with Crippen LogP contribution in [0, 0.1) is 11.7 Å². The Hall–Kier alpha value is -1.49. The molecule has 0 aliphatic rings. The van der Waals surface area contributed by atoms with E-state index >= 15 is 0 Å². The highest BCUT2D eigenvalue weighted by Gasteiger charge is 2.12. The van der Waals surface area contributed by atoms with Crippen LogP contribution in [0.3, 0.4) is 0 Å². The second-order valence-corrected chi connectivity index (χ2v) is 5.58. The summed E-state index contributed by atoms with van der Waals surface area (Å²) in [7, 11) is 0. The van der Waals surface area contributed by atoms with Gasteiger partial charge in [-0.2, -0.15) is 0 Å². The number of nitrogens with two attached hydrogens (primary N) is 1. The number of nitrogen functional groups attached to an aromatic ring is 1. The van der Waals surface area contributed by atoms with Gasteiger partial charge in [0.15, 0.2) is 11.6 Å². The zero-order valence-corrected chi connectivity index (χ0v) is 13.2. The second kappa shape index (κ2) is 8.72. The van der Waals surface area contributed by atoms with Crippen molar-refractivity contribution in [3.8, 4) is 5.75 Å². The monoisotopic (exact) mass is 298 g/mol. The Kier molecular flexibility index (Phi) is 7.29. The number of aliphatic hydroxyl groups excluding tert-OH is 1. The molecule has 5 heteroatoms. The fraction of sp³-hybridized carbons (Fsp3) is 0.625. The lowest BCUT2D eigenvalue weighted by atomic mass is 10.00. The van der Waals surface area contributed by atoms with Crippen molar-refractivity contribution in [2.75, 3.05) is 24.2 Å². The van der Waals surface area contributed by atoms with E-state index in [1.807, 2.05) is 13.8 Å². The normalized spacial score (nSPS) is 12.5. The van der Waals surface area contributed by atoms with Crippen molar-refractivity contribution < 1.29 is 14.2 Å². The summed E-state index contributed by atoms with van der Waals surface area (Å²) in [6.45, 7) is 6.69. The predicted octanol–water partition coefficient (Wildman–Crippen LogP) is 3.41. The Morgan fingerprint density at radius 1 is 1.33 bits per heavy atom. The molecule has 0 amide bonds. The molecule has 0 saturated carbocycles. The van der Waals surface area contributed by atoms with Crippen LogP contribution in [0.5, 0.6) is 5.75 Å². The van der Waals surface area contributed by atoms with E-state index in [9.17, 15) is 4.39 Å². The average Bonchev–Trinajstić information content (AvgIpc) is 2.40. The maximum atomic E-state index is 13.8. The largest absolute Gasteiger partial charge is 0.488 e. The van der Waals surface area contributed by atoms with Gasteiger partial charge in [-0.05, 0) is 32.6 Å². The molecule has 0 fully saturated rings. The minimum atomic E-state index is -0.452. The molecule has 0 aliphatic heterocycles. The van der Waals surface area contributed by atoms with Gasteiger partial charge in [0.25, 0.3) is 0 Å². The van der Waals surface area contributed by atoms with Crippen LogP contribution in [0.1, 0.15) is 40.0 Å². The maximum Gasteiger partial charge on any atom is 0.167 e. The molecule has 0 radical (unpaired) electrons. The molecule has 21 heavy (non-hydrogen) atoms. The minimum absolute atomic E-state index is 0.0989. The summed E-state index contributed by atoms with van der Waals surface area (Å²) in [6.07, 6.45) is 2.74. The summed E-state index contributed by atoms with van der Waals surface area (Å²) >= 11 is 0. The third kappa shape index (κ3) is 5.79. The van der Waals surface area contributed by atoms with Crippen LogP contribution in [-0.4, -0.2) is 24.4 Å². The molecule has 0 bridgehead atoms. The number of halogens is 1. The smallest absolute Gasteiger partial charge is 0.167 e. The first-order valence-corrected chi connectivity index (χ1v) is 7.58. The summed E-state index contributed by atoms with van der Waals surface area (Å²) in [6, 6.07) is 2.88. The van der Waals surface area contributed by atoms with Gasteiger partial charge in [0.05, 0.1) is 17.5 Å². The summed E-state index contributed by atoms with van der Waals surface area (Å²) in [4.78, 5) is 0. The molecule has 0 saturated heterocycles. The first kappa shape index (κ1) is 17.6. The van der Waals surface area contributed by atoms with E-state index in [1.54, 1.807) is 6.07 Å². The Balaban J connectivity index is 2.77. The van der Waals surface area contributed by atoms with E-state index < -0.39 is 5.82 Å². The summed E-state index contributed by atoms with van der Waals surface area (Å²) in [5.41, 5.74) is 6.88. The molecule has 0 aliphatic carbocycles. The van der Waals surface area contributed by atoms with Crippen molar-refractivity contribution in [2.24, 2.45) is 5.92 Å². The Labute approximate surface area is 126 Å². The topological polar surface area (TPSA) is 67.5 Å². The maximum absolute atomic E-state index is 13.8. The zero-order chi connectivity index (χ0) is 15.8. The van der Waals surface area contributed by atoms with Crippen LogP contribution in [0.4, 0.5) is 15.8 Å². The van der Waals surface area contributed by atoms with Gasteiger partial charge in [-0.3, -0.25) is 0 Å². The lowest BCUT2D eigenvalue weighted by molar-refractivity contribution is 0.231. The Morgan fingerprint density at radius 3 is 2.62 bits per heavy atom. The van der Waals surface area contributed by atoms with Gasteiger partial charge >= 0.3 is 0 Å². The van der Waals surface area contributed by atoms with Crippen molar-refractivity contribution in [3.05, 3.63) is 17.9 Å². The highest BCUT2D eigenvalue weighted by atomic mass is 19.1. The molecular weight excluding hydrogens is 271 g/mol. The second-order valence-electron chi connectivity index (χ2n) is 5.58. The number of ether oxygens (including phenoxy) is 1. The van der Waals surface area contributed by atoms with E-state index in [1.165, 1.54) is 6.07 Å². The third-order valence-corrected chi connectivity index (χ3v) is 3.28. The predicted molar refractivity (Wildman–Crippen MR) is 85.2 cm³/mol. The number of rotatable bonds is 9. The molecule has 0 spiro atoms. The number of hydrogen-bond donors (Lipinski definition) is 3. The van der Waals surface area contributed by atoms with E-state index in [0.717, 1.165) is 19.3 Å². The van der Waals surface area contributed by atoms with E-state index in [0.29, 0.717) is 23.8 Å². The highest BCUT2D eigenvalue weighted by Crippen LogP contribution is 2.29. The minimum Gasteiger partial charge on any atom is -0.488 e. The van der Waals surface area contributed by atoms with Crippen molar-refractivity contribution in [1.29, 1.82) is 0 Å². The van der Waals surface area contributed by atoms with Gasteiger partial charge in [0, 0.05) is 25.3 Å². The average molecular weight is 298 g/mol. The third-order valence-electron chi connectivity index (χ3n) is 3.28. The number of nitrogens with one attached hydrogen (secondary N) is 1. The van der Waals surface area contributed by atoms with E-state index in [2.05, 4.69) is 12.2 Å². The number of aliphatic hydroxyl groups is 1. The van der Waals surface area contributed by atoms with Crippen molar-refractivity contribution in [1.82, 2.24) is 0 Å². The first-order valence-electron chi connectivity index (χ1n) is 7.58. The molecule has 0 aromatic heterocycles. The highest BCUT2D eigenvalue weighted by molar-refractivity contribution is 5.68. The van der Waals surface area contributed by atoms with Gasteiger partial charge in [-0.15, -0.1) is 0 Å². The van der Waals surface area contributed by atoms with Crippen LogP contribution in [-0.2, 0) is 0 Å². The first-order chi connectivity index (χ1) is 9.97. The molecule has 0 heterocycles. The van der Waals surface area contributed by atoms with Crippen LogP contribution in [0.15, 0.2) is 12.1 Å². The summed E-state index contributed by atoms with van der Waals surface area (Å²) < 4.78 is 19.2. The molecule has 120 valence electrons. The quantitative estimate of drug-likeness (QED) is 0.611. The van der Waals surface area contributed by atoms with Crippen LogP contribution in [0.2, 0.25) is 0 Å². The fourth-order valence-electron chi connectivity index (χ4n) is 2.26. The van der Waals surface area contributed by atoms with Crippen molar-refractivity contribution >= 4 is 11.4 Å². The number of benzene rings is 1. The molecule has 4 N–H and O–H groups in total. The molecule has 1 atom stereocenters. The fourth-order valence-corrected chi connectivity index (χ4v) is 2.26. The van der Waals surface area contributed by atoms with Crippen LogP contribution < -0.4 is 15.8 Å². The van der Waals surface area contributed by atoms with Crippen LogP contribution >= 0.6 is 0 Å².